The lowest BCUT2D eigenvalue weighted by Gasteiger charge is -2.20. The smallest absolute Gasteiger partial charge is 0.303 e. The molecule has 0 aromatic heterocycles. The standard InChI is InChI=1S/C21H42O2/c1-4-5-6-7-10-13-16-20(19(2)3)17-14-11-8-9-12-15-18-21(22)23/h19-20H,4-18H2,1-3H3,(H,22,23). The van der Waals surface area contributed by atoms with E-state index in [1.165, 1.54) is 77.0 Å². The monoisotopic (exact) mass is 326 g/mol. The van der Waals surface area contributed by atoms with Crippen molar-refractivity contribution in [3.63, 3.8) is 0 Å². The molecule has 0 bridgehead atoms. The first-order chi connectivity index (χ1) is 11.1. The molecule has 0 fully saturated rings. The Morgan fingerprint density at radius 2 is 1.17 bits per heavy atom. The summed E-state index contributed by atoms with van der Waals surface area (Å²) in [6.45, 7) is 7.04. The van der Waals surface area contributed by atoms with Crippen LogP contribution >= 0.6 is 0 Å². The van der Waals surface area contributed by atoms with E-state index >= 15 is 0 Å². The molecule has 0 aromatic rings. The van der Waals surface area contributed by atoms with Gasteiger partial charge in [-0.05, 0) is 18.3 Å². The lowest BCUT2D eigenvalue weighted by atomic mass is 9.85. The predicted molar refractivity (Wildman–Crippen MR) is 101 cm³/mol. The normalized spacial score (nSPS) is 12.7. The van der Waals surface area contributed by atoms with Gasteiger partial charge < -0.3 is 5.11 Å². The summed E-state index contributed by atoms with van der Waals surface area (Å²) in [6.07, 6.45) is 18.7. The first-order valence-corrected chi connectivity index (χ1v) is 10.3. The van der Waals surface area contributed by atoms with E-state index in [4.69, 9.17) is 5.11 Å². The first kappa shape index (κ1) is 22.5. The third-order valence-corrected chi connectivity index (χ3v) is 5.09. The third-order valence-electron chi connectivity index (χ3n) is 5.09. The van der Waals surface area contributed by atoms with Crippen molar-refractivity contribution in [3.05, 3.63) is 0 Å². The van der Waals surface area contributed by atoms with Gasteiger partial charge in [0, 0.05) is 6.42 Å². The summed E-state index contributed by atoms with van der Waals surface area (Å²) in [5.41, 5.74) is 0. The number of unbranched alkanes of at least 4 members (excludes halogenated alkanes) is 10. The van der Waals surface area contributed by atoms with Gasteiger partial charge in [0.1, 0.15) is 0 Å². The molecule has 0 rings (SSSR count). The molecule has 23 heavy (non-hydrogen) atoms. The van der Waals surface area contributed by atoms with E-state index in [2.05, 4.69) is 20.8 Å². The maximum absolute atomic E-state index is 10.4. The van der Waals surface area contributed by atoms with Crippen LogP contribution in [-0.4, -0.2) is 11.1 Å². The Balaban J connectivity index is 3.51. The molecule has 1 atom stereocenters. The largest absolute Gasteiger partial charge is 0.481 e. The summed E-state index contributed by atoms with van der Waals surface area (Å²) < 4.78 is 0. The quantitative estimate of drug-likeness (QED) is 0.287. The van der Waals surface area contributed by atoms with Gasteiger partial charge in [-0.1, -0.05) is 104 Å². The Morgan fingerprint density at radius 3 is 1.61 bits per heavy atom. The van der Waals surface area contributed by atoms with Crippen molar-refractivity contribution in [2.24, 2.45) is 11.8 Å². The fourth-order valence-electron chi connectivity index (χ4n) is 3.39. The van der Waals surface area contributed by atoms with Gasteiger partial charge in [0.05, 0.1) is 0 Å². The zero-order valence-corrected chi connectivity index (χ0v) is 16.1. The van der Waals surface area contributed by atoms with Crippen molar-refractivity contribution in [2.75, 3.05) is 0 Å². The lowest BCUT2D eigenvalue weighted by molar-refractivity contribution is -0.137. The van der Waals surface area contributed by atoms with Crippen LogP contribution in [0, 0.1) is 11.8 Å². The maximum Gasteiger partial charge on any atom is 0.303 e. The van der Waals surface area contributed by atoms with E-state index in [0.29, 0.717) is 6.42 Å². The highest BCUT2D eigenvalue weighted by Gasteiger charge is 2.12. The zero-order valence-electron chi connectivity index (χ0n) is 16.1. The second-order valence-electron chi connectivity index (χ2n) is 7.61. The van der Waals surface area contributed by atoms with Crippen LogP contribution in [0.15, 0.2) is 0 Å². The highest BCUT2D eigenvalue weighted by molar-refractivity contribution is 5.66. The van der Waals surface area contributed by atoms with E-state index in [9.17, 15) is 4.79 Å². The van der Waals surface area contributed by atoms with Crippen LogP contribution in [0.1, 0.15) is 117 Å². The Bertz CT molecular complexity index is 261. The fourth-order valence-corrected chi connectivity index (χ4v) is 3.39. The predicted octanol–water partition coefficient (Wildman–Crippen LogP) is 7.21. The van der Waals surface area contributed by atoms with Crippen molar-refractivity contribution in [2.45, 2.75) is 117 Å². The van der Waals surface area contributed by atoms with Gasteiger partial charge in [-0.2, -0.15) is 0 Å². The summed E-state index contributed by atoms with van der Waals surface area (Å²) in [6, 6.07) is 0. The Kier molecular flexibility index (Phi) is 16.0. The molecule has 0 aliphatic heterocycles. The van der Waals surface area contributed by atoms with Crippen LogP contribution < -0.4 is 0 Å². The van der Waals surface area contributed by atoms with Crippen LogP contribution in [-0.2, 0) is 4.79 Å². The minimum absolute atomic E-state index is 0.341. The van der Waals surface area contributed by atoms with Gasteiger partial charge in [0.15, 0.2) is 0 Å². The van der Waals surface area contributed by atoms with Gasteiger partial charge in [-0.15, -0.1) is 0 Å². The van der Waals surface area contributed by atoms with E-state index in [1.54, 1.807) is 0 Å². The first-order valence-electron chi connectivity index (χ1n) is 10.3. The summed E-state index contributed by atoms with van der Waals surface area (Å²) in [5, 5.41) is 8.60. The number of hydrogen-bond donors (Lipinski definition) is 1. The molecule has 0 aromatic carbocycles. The highest BCUT2D eigenvalue weighted by atomic mass is 16.4. The fraction of sp³-hybridized carbons (Fsp3) is 0.952. The topological polar surface area (TPSA) is 37.3 Å². The highest BCUT2D eigenvalue weighted by Crippen LogP contribution is 2.25. The molecule has 138 valence electrons. The SMILES string of the molecule is CCCCCCCCC(CCCCCCCCC(=O)O)C(C)C. The molecule has 1 N–H and O–H groups in total. The molecule has 0 aliphatic rings. The number of aliphatic carboxylic acids is 1. The van der Waals surface area contributed by atoms with Gasteiger partial charge in [-0.3, -0.25) is 4.79 Å². The second kappa shape index (κ2) is 16.3. The summed E-state index contributed by atoms with van der Waals surface area (Å²) in [7, 11) is 0. The van der Waals surface area contributed by atoms with Crippen molar-refractivity contribution >= 4 is 5.97 Å². The molecule has 2 heteroatoms. The van der Waals surface area contributed by atoms with Gasteiger partial charge in [0.2, 0.25) is 0 Å². The number of carbonyl (C=O) groups is 1. The second-order valence-corrected chi connectivity index (χ2v) is 7.61. The van der Waals surface area contributed by atoms with Gasteiger partial charge in [0.25, 0.3) is 0 Å². The van der Waals surface area contributed by atoms with Gasteiger partial charge in [-0.25, -0.2) is 0 Å². The van der Waals surface area contributed by atoms with Crippen LogP contribution in [0.2, 0.25) is 0 Å². The molecular weight excluding hydrogens is 284 g/mol. The molecular formula is C21H42O2. The molecule has 1 unspecified atom stereocenters. The number of carboxylic acid groups (broad SMARTS) is 1. The summed E-state index contributed by atoms with van der Waals surface area (Å²) in [4.78, 5) is 10.4. The van der Waals surface area contributed by atoms with Crippen molar-refractivity contribution in [3.8, 4) is 0 Å². The zero-order chi connectivity index (χ0) is 17.3. The minimum atomic E-state index is -0.653. The van der Waals surface area contributed by atoms with Crippen LogP contribution in [0.3, 0.4) is 0 Å². The van der Waals surface area contributed by atoms with Crippen molar-refractivity contribution in [1.29, 1.82) is 0 Å². The molecule has 0 spiro atoms. The van der Waals surface area contributed by atoms with Crippen LogP contribution in [0.5, 0.6) is 0 Å². The Labute approximate surface area is 145 Å². The molecule has 0 aliphatic carbocycles. The van der Waals surface area contributed by atoms with Crippen molar-refractivity contribution < 1.29 is 9.90 Å². The summed E-state index contributed by atoms with van der Waals surface area (Å²) >= 11 is 0. The average Bonchev–Trinajstić information content (AvgIpc) is 2.50. The summed E-state index contributed by atoms with van der Waals surface area (Å²) in [5.74, 6) is 1.08. The van der Waals surface area contributed by atoms with Gasteiger partial charge >= 0.3 is 5.97 Å². The Hall–Kier alpha value is -0.530. The molecule has 0 radical (unpaired) electrons. The van der Waals surface area contributed by atoms with Crippen molar-refractivity contribution in [1.82, 2.24) is 0 Å². The molecule has 0 amide bonds. The van der Waals surface area contributed by atoms with Crippen LogP contribution in [0.25, 0.3) is 0 Å². The lowest BCUT2D eigenvalue weighted by Crippen LogP contribution is -2.08. The number of hydrogen-bond acceptors (Lipinski definition) is 1. The maximum atomic E-state index is 10.4. The van der Waals surface area contributed by atoms with E-state index in [0.717, 1.165) is 24.7 Å². The molecule has 0 heterocycles. The van der Waals surface area contributed by atoms with E-state index in [-0.39, 0.29) is 0 Å². The van der Waals surface area contributed by atoms with E-state index < -0.39 is 5.97 Å². The van der Waals surface area contributed by atoms with E-state index in [1.807, 2.05) is 0 Å². The number of rotatable bonds is 17. The molecule has 2 nitrogen and oxygen atoms in total. The third kappa shape index (κ3) is 16.1. The molecule has 0 saturated carbocycles. The minimum Gasteiger partial charge on any atom is -0.481 e. The Morgan fingerprint density at radius 1 is 0.739 bits per heavy atom. The molecule has 0 saturated heterocycles. The number of carboxylic acids is 1. The average molecular weight is 327 g/mol. The van der Waals surface area contributed by atoms with Crippen LogP contribution in [0.4, 0.5) is 0 Å².